The summed E-state index contributed by atoms with van der Waals surface area (Å²) in [6.45, 7) is 7.26. The highest BCUT2D eigenvalue weighted by molar-refractivity contribution is 7.92. The number of benzene rings is 2. The largest absolute Gasteiger partial charge is 0.324 e. The van der Waals surface area contributed by atoms with Crippen LogP contribution in [-0.2, 0) is 14.8 Å². The van der Waals surface area contributed by atoms with E-state index in [1.807, 2.05) is 26.0 Å². The summed E-state index contributed by atoms with van der Waals surface area (Å²) in [5.74, 6) is -0.418. The summed E-state index contributed by atoms with van der Waals surface area (Å²) in [7, 11) is -3.69. The molecule has 5 nitrogen and oxygen atoms in total. The van der Waals surface area contributed by atoms with E-state index >= 15 is 0 Å². The first kappa shape index (κ1) is 20.3. The van der Waals surface area contributed by atoms with Crippen molar-refractivity contribution < 1.29 is 13.2 Å². The lowest BCUT2D eigenvalue weighted by molar-refractivity contribution is -0.116. The van der Waals surface area contributed by atoms with Crippen molar-refractivity contribution >= 4 is 38.9 Å². The maximum Gasteiger partial charge on any atom is 0.247 e. The summed E-state index contributed by atoms with van der Waals surface area (Å²) in [6, 6.07) is 9.58. The third-order valence-electron chi connectivity index (χ3n) is 4.27. The van der Waals surface area contributed by atoms with Gasteiger partial charge < -0.3 is 5.32 Å². The lowest BCUT2D eigenvalue weighted by Crippen LogP contribution is -2.45. The standard InChI is InChI=1S/C19H23ClN2O3S/c1-12-7-9-17(10-14(12)3)21-19(23)15(4)22(26(5,24)25)18-11-16(20)8-6-13(18)2/h6-11,15H,1-5H3,(H,21,23). The van der Waals surface area contributed by atoms with Crippen LogP contribution in [0, 0.1) is 20.8 Å². The molecule has 0 spiro atoms. The molecule has 2 aromatic carbocycles. The Morgan fingerprint density at radius 2 is 1.65 bits per heavy atom. The van der Waals surface area contributed by atoms with Crippen molar-refractivity contribution in [3.63, 3.8) is 0 Å². The fraction of sp³-hybridized carbons (Fsp3) is 0.316. The fourth-order valence-electron chi connectivity index (χ4n) is 2.67. The van der Waals surface area contributed by atoms with E-state index < -0.39 is 22.0 Å². The number of sulfonamides is 1. The minimum absolute atomic E-state index is 0.391. The number of aryl methyl sites for hydroxylation is 3. The zero-order chi connectivity index (χ0) is 19.6. The second-order valence-electron chi connectivity index (χ2n) is 6.45. The topological polar surface area (TPSA) is 66.5 Å². The number of anilines is 2. The van der Waals surface area contributed by atoms with Crippen molar-refractivity contribution in [1.82, 2.24) is 0 Å². The number of rotatable bonds is 5. The van der Waals surface area contributed by atoms with Crippen molar-refractivity contribution in [3.8, 4) is 0 Å². The number of halogens is 1. The van der Waals surface area contributed by atoms with Gasteiger partial charge >= 0.3 is 0 Å². The van der Waals surface area contributed by atoms with E-state index in [4.69, 9.17) is 11.6 Å². The summed E-state index contributed by atoms with van der Waals surface area (Å²) < 4.78 is 25.9. The first-order chi connectivity index (χ1) is 12.0. The molecule has 0 radical (unpaired) electrons. The third-order valence-corrected chi connectivity index (χ3v) is 5.73. The molecule has 0 bridgehead atoms. The molecule has 0 fully saturated rings. The Morgan fingerprint density at radius 3 is 2.23 bits per heavy atom. The number of amides is 1. The quantitative estimate of drug-likeness (QED) is 0.831. The van der Waals surface area contributed by atoms with Crippen LogP contribution in [0.3, 0.4) is 0 Å². The predicted molar refractivity (Wildman–Crippen MR) is 108 cm³/mol. The molecule has 1 N–H and O–H groups in total. The first-order valence-electron chi connectivity index (χ1n) is 8.14. The third kappa shape index (κ3) is 4.56. The molecule has 2 rings (SSSR count). The number of carbonyl (C=O) groups is 1. The highest BCUT2D eigenvalue weighted by atomic mass is 35.5. The number of hydrogen-bond acceptors (Lipinski definition) is 3. The van der Waals surface area contributed by atoms with Gasteiger partial charge in [0.05, 0.1) is 11.9 Å². The van der Waals surface area contributed by atoms with Crippen LogP contribution in [0.25, 0.3) is 0 Å². The van der Waals surface area contributed by atoms with E-state index in [1.165, 1.54) is 0 Å². The summed E-state index contributed by atoms with van der Waals surface area (Å²) in [4.78, 5) is 12.7. The van der Waals surface area contributed by atoms with Crippen LogP contribution in [-0.4, -0.2) is 26.6 Å². The van der Waals surface area contributed by atoms with E-state index in [1.54, 1.807) is 38.1 Å². The number of hydrogen-bond donors (Lipinski definition) is 1. The Balaban J connectivity index is 2.37. The van der Waals surface area contributed by atoms with Crippen LogP contribution < -0.4 is 9.62 Å². The molecule has 0 aromatic heterocycles. The SMILES string of the molecule is Cc1ccc(NC(=O)C(C)N(c2cc(Cl)ccc2C)S(C)(=O)=O)cc1C. The van der Waals surface area contributed by atoms with Gasteiger partial charge in [-0.1, -0.05) is 23.7 Å². The van der Waals surface area contributed by atoms with E-state index in [0.717, 1.165) is 21.7 Å². The molecule has 7 heteroatoms. The molecule has 1 unspecified atom stereocenters. The molecule has 2 aromatic rings. The molecule has 0 aliphatic carbocycles. The minimum atomic E-state index is -3.69. The fourth-order valence-corrected chi connectivity index (χ4v) is 4.06. The Labute approximate surface area is 160 Å². The summed E-state index contributed by atoms with van der Waals surface area (Å²) >= 11 is 6.04. The second-order valence-corrected chi connectivity index (χ2v) is 8.75. The highest BCUT2D eigenvalue weighted by Gasteiger charge is 2.30. The lowest BCUT2D eigenvalue weighted by atomic mass is 10.1. The Kier molecular flexibility index (Phi) is 5.98. The van der Waals surface area contributed by atoms with Crippen LogP contribution in [0.4, 0.5) is 11.4 Å². The summed E-state index contributed by atoms with van der Waals surface area (Å²) in [5.41, 5.74) is 3.89. The molecule has 0 saturated carbocycles. The van der Waals surface area contributed by atoms with Crippen LogP contribution in [0.2, 0.25) is 5.02 Å². The van der Waals surface area contributed by atoms with Gasteiger partial charge in [-0.3, -0.25) is 9.10 Å². The van der Waals surface area contributed by atoms with Crippen LogP contribution >= 0.6 is 11.6 Å². The van der Waals surface area contributed by atoms with Gasteiger partial charge in [0.2, 0.25) is 15.9 Å². The van der Waals surface area contributed by atoms with E-state index in [0.29, 0.717) is 22.0 Å². The molecular formula is C19H23ClN2O3S. The van der Waals surface area contributed by atoms with Gasteiger partial charge in [0.25, 0.3) is 0 Å². The Bertz CT molecular complexity index is 942. The van der Waals surface area contributed by atoms with Gasteiger partial charge in [-0.05, 0) is 68.7 Å². The maximum atomic E-state index is 12.7. The molecule has 26 heavy (non-hydrogen) atoms. The monoisotopic (exact) mass is 394 g/mol. The number of carbonyl (C=O) groups excluding carboxylic acids is 1. The van der Waals surface area contributed by atoms with E-state index in [2.05, 4.69) is 5.32 Å². The molecule has 1 atom stereocenters. The van der Waals surface area contributed by atoms with Gasteiger partial charge in [0, 0.05) is 10.7 Å². The number of nitrogens with zero attached hydrogens (tertiary/aromatic N) is 1. The van der Waals surface area contributed by atoms with Gasteiger partial charge in [0.1, 0.15) is 6.04 Å². The normalized spacial score (nSPS) is 12.5. The molecular weight excluding hydrogens is 372 g/mol. The van der Waals surface area contributed by atoms with Gasteiger partial charge in [-0.2, -0.15) is 0 Å². The van der Waals surface area contributed by atoms with Crippen molar-refractivity contribution in [2.45, 2.75) is 33.7 Å². The van der Waals surface area contributed by atoms with E-state index in [-0.39, 0.29) is 0 Å². The second kappa shape index (κ2) is 7.68. The predicted octanol–water partition coefficient (Wildman–Crippen LogP) is 4.06. The molecule has 0 saturated heterocycles. The van der Waals surface area contributed by atoms with Crippen LogP contribution in [0.15, 0.2) is 36.4 Å². The van der Waals surface area contributed by atoms with Crippen molar-refractivity contribution in [3.05, 3.63) is 58.1 Å². The molecule has 0 heterocycles. The van der Waals surface area contributed by atoms with Crippen LogP contribution in [0.1, 0.15) is 23.6 Å². The molecule has 0 aliphatic rings. The van der Waals surface area contributed by atoms with Gasteiger partial charge in [-0.25, -0.2) is 8.42 Å². The van der Waals surface area contributed by atoms with Crippen molar-refractivity contribution in [1.29, 1.82) is 0 Å². The van der Waals surface area contributed by atoms with Crippen molar-refractivity contribution in [2.75, 3.05) is 15.9 Å². The first-order valence-corrected chi connectivity index (χ1v) is 10.4. The van der Waals surface area contributed by atoms with Gasteiger partial charge in [-0.15, -0.1) is 0 Å². The minimum Gasteiger partial charge on any atom is -0.324 e. The van der Waals surface area contributed by atoms with Crippen LogP contribution in [0.5, 0.6) is 0 Å². The lowest BCUT2D eigenvalue weighted by Gasteiger charge is -2.29. The van der Waals surface area contributed by atoms with E-state index in [9.17, 15) is 13.2 Å². The van der Waals surface area contributed by atoms with Crippen molar-refractivity contribution in [2.24, 2.45) is 0 Å². The smallest absolute Gasteiger partial charge is 0.247 e. The molecule has 140 valence electrons. The Morgan fingerprint density at radius 1 is 1.04 bits per heavy atom. The maximum absolute atomic E-state index is 12.7. The average molecular weight is 395 g/mol. The Hall–Kier alpha value is -2.05. The molecule has 1 amide bonds. The summed E-state index contributed by atoms with van der Waals surface area (Å²) in [6.07, 6.45) is 1.08. The van der Waals surface area contributed by atoms with Gasteiger partial charge in [0.15, 0.2) is 0 Å². The zero-order valence-corrected chi connectivity index (χ0v) is 17.1. The average Bonchev–Trinajstić information content (AvgIpc) is 2.53. The summed E-state index contributed by atoms with van der Waals surface area (Å²) in [5, 5.41) is 3.19. The zero-order valence-electron chi connectivity index (χ0n) is 15.5. The highest BCUT2D eigenvalue weighted by Crippen LogP contribution is 2.28. The molecule has 0 aliphatic heterocycles. The number of nitrogens with one attached hydrogen (secondary N) is 1.